The number of guanidine groups is 1. The molecule has 6 nitrogen and oxygen atoms in total. The third-order valence-corrected chi connectivity index (χ3v) is 5.14. The second kappa shape index (κ2) is 11.2. The molecular formula is C23H31N5O. The number of aliphatic imine (C=N–C) groups is 1. The number of carbonyl (C=O) groups is 1. The second-order valence-electron chi connectivity index (χ2n) is 7.30. The van der Waals surface area contributed by atoms with Gasteiger partial charge < -0.3 is 16.0 Å². The summed E-state index contributed by atoms with van der Waals surface area (Å²) in [7, 11) is 1.78. The SMILES string of the molecule is CN=C(NCCNC(=O)c1ccccc1)NC1CCN(Cc2ccccc2)CC1. The van der Waals surface area contributed by atoms with Crippen LogP contribution in [0.2, 0.25) is 0 Å². The van der Waals surface area contributed by atoms with Crippen LogP contribution in [0.4, 0.5) is 0 Å². The summed E-state index contributed by atoms with van der Waals surface area (Å²) in [5.74, 6) is 0.738. The van der Waals surface area contributed by atoms with Crippen LogP contribution in [0.15, 0.2) is 65.7 Å². The van der Waals surface area contributed by atoms with Gasteiger partial charge in [-0.25, -0.2) is 0 Å². The molecule has 0 spiro atoms. The van der Waals surface area contributed by atoms with E-state index in [9.17, 15) is 4.79 Å². The van der Waals surface area contributed by atoms with Gasteiger partial charge in [-0.1, -0.05) is 48.5 Å². The molecule has 3 rings (SSSR count). The first-order valence-electron chi connectivity index (χ1n) is 10.3. The average Bonchev–Trinajstić information content (AvgIpc) is 2.78. The van der Waals surface area contributed by atoms with Crippen LogP contribution in [-0.4, -0.2) is 56.0 Å². The summed E-state index contributed by atoms with van der Waals surface area (Å²) in [6, 6.07) is 20.3. The molecule has 0 atom stereocenters. The lowest BCUT2D eigenvalue weighted by atomic mass is 10.0. The minimum absolute atomic E-state index is 0.0545. The van der Waals surface area contributed by atoms with Gasteiger partial charge >= 0.3 is 0 Å². The van der Waals surface area contributed by atoms with E-state index in [0.717, 1.165) is 38.4 Å². The first-order valence-corrected chi connectivity index (χ1v) is 10.3. The van der Waals surface area contributed by atoms with E-state index in [0.29, 0.717) is 24.7 Å². The normalized spacial score (nSPS) is 15.7. The van der Waals surface area contributed by atoms with E-state index in [2.05, 4.69) is 56.2 Å². The third-order valence-electron chi connectivity index (χ3n) is 5.14. The summed E-state index contributed by atoms with van der Waals surface area (Å²) >= 11 is 0. The van der Waals surface area contributed by atoms with Crippen LogP contribution in [0.25, 0.3) is 0 Å². The summed E-state index contributed by atoms with van der Waals surface area (Å²) in [5.41, 5.74) is 2.05. The van der Waals surface area contributed by atoms with Gasteiger partial charge in [-0.2, -0.15) is 0 Å². The Morgan fingerprint density at radius 2 is 1.59 bits per heavy atom. The smallest absolute Gasteiger partial charge is 0.251 e. The maximum Gasteiger partial charge on any atom is 0.251 e. The Balaban J connectivity index is 1.33. The fourth-order valence-electron chi connectivity index (χ4n) is 3.51. The van der Waals surface area contributed by atoms with Crippen LogP contribution in [-0.2, 0) is 6.54 Å². The van der Waals surface area contributed by atoms with Crippen molar-refractivity contribution in [1.82, 2.24) is 20.9 Å². The number of benzene rings is 2. The van der Waals surface area contributed by atoms with Gasteiger partial charge in [-0.05, 0) is 30.5 Å². The Labute approximate surface area is 173 Å². The van der Waals surface area contributed by atoms with Gasteiger partial charge in [0.25, 0.3) is 5.91 Å². The van der Waals surface area contributed by atoms with Crippen molar-refractivity contribution in [2.24, 2.45) is 4.99 Å². The summed E-state index contributed by atoms with van der Waals surface area (Å²) in [4.78, 5) is 18.9. The average molecular weight is 394 g/mol. The van der Waals surface area contributed by atoms with Crippen molar-refractivity contribution < 1.29 is 4.79 Å². The first-order chi connectivity index (χ1) is 14.2. The third kappa shape index (κ3) is 6.91. The molecule has 2 aromatic carbocycles. The van der Waals surface area contributed by atoms with Gasteiger partial charge in [0.1, 0.15) is 0 Å². The molecule has 0 radical (unpaired) electrons. The molecule has 0 aliphatic carbocycles. The number of hydrogen-bond donors (Lipinski definition) is 3. The minimum atomic E-state index is -0.0545. The monoisotopic (exact) mass is 393 g/mol. The Kier molecular flexibility index (Phi) is 8.07. The highest BCUT2D eigenvalue weighted by molar-refractivity contribution is 5.94. The summed E-state index contributed by atoms with van der Waals surface area (Å²) in [6.07, 6.45) is 2.19. The molecule has 1 heterocycles. The zero-order chi connectivity index (χ0) is 20.3. The van der Waals surface area contributed by atoms with Crippen molar-refractivity contribution in [3.05, 3.63) is 71.8 Å². The van der Waals surface area contributed by atoms with E-state index < -0.39 is 0 Å². The van der Waals surface area contributed by atoms with E-state index in [4.69, 9.17) is 0 Å². The van der Waals surface area contributed by atoms with Gasteiger partial charge in [0.05, 0.1) is 0 Å². The molecule has 29 heavy (non-hydrogen) atoms. The number of nitrogens with one attached hydrogen (secondary N) is 3. The van der Waals surface area contributed by atoms with Crippen molar-refractivity contribution in [2.75, 3.05) is 33.2 Å². The molecule has 1 aliphatic heterocycles. The lowest BCUT2D eigenvalue weighted by Gasteiger charge is -2.33. The lowest BCUT2D eigenvalue weighted by Crippen LogP contribution is -2.49. The van der Waals surface area contributed by atoms with Gasteiger partial charge in [-0.15, -0.1) is 0 Å². The molecule has 0 aromatic heterocycles. The van der Waals surface area contributed by atoms with E-state index in [1.807, 2.05) is 30.3 Å². The molecule has 154 valence electrons. The summed E-state index contributed by atoms with van der Waals surface area (Å²) < 4.78 is 0. The summed E-state index contributed by atoms with van der Waals surface area (Å²) in [5, 5.41) is 9.71. The second-order valence-corrected chi connectivity index (χ2v) is 7.30. The zero-order valence-electron chi connectivity index (χ0n) is 17.1. The lowest BCUT2D eigenvalue weighted by molar-refractivity contribution is 0.0954. The molecule has 1 aliphatic rings. The predicted octanol–water partition coefficient (Wildman–Crippen LogP) is 2.25. The molecule has 0 bridgehead atoms. The van der Waals surface area contributed by atoms with Crippen molar-refractivity contribution >= 4 is 11.9 Å². The van der Waals surface area contributed by atoms with Crippen molar-refractivity contribution in [3.8, 4) is 0 Å². The highest BCUT2D eigenvalue weighted by Gasteiger charge is 2.19. The maximum atomic E-state index is 12.0. The van der Waals surface area contributed by atoms with Crippen LogP contribution in [0.3, 0.4) is 0 Å². The first kappa shape index (κ1) is 20.9. The molecule has 0 unspecified atom stereocenters. The zero-order valence-corrected chi connectivity index (χ0v) is 17.1. The molecule has 6 heteroatoms. The Morgan fingerprint density at radius 1 is 0.966 bits per heavy atom. The largest absolute Gasteiger partial charge is 0.355 e. The molecule has 3 N–H and O–H groups in total. The van der Waals surface area contributed by atoms with E-state index in [1.54, 1.807) is 7.05 Å². The number of hydrogen-bond acceptors (Lipinski definition) is 3. The predicted molar refractivity (Wildman–Crippen MR) is 118 cm³/mol. The standard InChI is InChI=1S/C23H31N5O/c1-24-23(26-15-14-25-22(29)20-10-6-3-7-11-20)27-21-12-16-28(17-13-21)18-19-8-4-2-5-9-19/h2-11,21H,12-18H2,1H3,(H,25,29)(H2,24,26,27). The molecular weight excluding hydrogens is 362 g/mol. The molecule has 1 fully saturated rings. The Morgan fingerprint density at radius 3 is 2.24 bits per heavy atom. The molecule has 0 saturated carbocycles. The van der Waals surface area contributed by atoms with Gasteiger partial charge in [0.2, 0.25) is 0 Å². The van der Waals surface area contributed by atoms with E-state index >= 15 is 0 Å². The van der Waals surface area contributed by atoms with Crippen LogP contribution in [0, 0.1) is 0 Å². The number of carbonyl (C=O) groups excluding carboxylic acids is 1. The van der Waals surface area contributed by atoms with Crippen LogP contribution < -0.4 is 16.0 Å². The number of amides is 1. The van der Waals surface area contributed by atoms with Crippen LogP contribution >= 0.6 is 0 Å². The van der Waals surface area contributed by atoms with E-state index in [1.165, 1.54) is 5.56 Å². The molecule has 1 amide bonds. The Hall–Kier alpha value is -2.86. The Bertz CT molecular complexity index is 770. The fraction of sp³-hybridized carbons (Fsp3) is 0.391. The fourth-order valence-corrected chi connectivity index (χ4v) is 3.51. The maximum absolute atomic E-state index is 12.0. The number of piperidine rings is 1. The highest BCUT2D eigenvalue weighted by atomic mass is 16.1. The minimum Gasteiger partial charge on any atom is -0.355 e. The van der Waals surface area contributed by atoms with Crippen LogP contribution in [0.5, 0.6) is 0 Å². The van der Waals surface area contributed by atoms with Crippen molar-refractivity contribution in [2.45, 2.75) is 25.4 Å². The van der Waals surface area contributed by atoms with E-state index in [-0.39, 0.29) is 5.91 Å². The van der Waals surface area contributed by atoms with Gasteiger partial charge in [0, 0.05) is 51.4 Å². The topological polar surface area (TPSA) is 68.8 Å². The van der Waals surface area contributed by atoms with Crippen molar-refractivity contribution in [3.63, 3.8) is 0 Å². The summed E-state index contributed by atoms with van der Waals surface area (Å²) in [6.45, 7) is 4.35. The molecule has 2 aromatic rings. The van der Waals surface area contributed by atoms with Gasteiger partial charge in [-0.3, -0.25) is 14.7 Å². The number of likely N-dealkylation sites (tertiary alicyclic amines) is 1. The van der Waals surface area contributed by atoms with Crippen LogP contribution in [0.1, 0.15) is 28.8 Å². The van der Waals surface area contributed by atoms with Gasteiger partial charge in [0.15, 0.2) is 5.96 Å². The number of rotatable bonds is 7. The van der Waals surface area contributed by atoms with Crippen molar-refractivity contribution in [1.29, 1.82) is 0 Å². The quantitative estimate of drug-likeness (QED) is 0.383. The number of nitrogens with zero attached hydrogens (tertiary/aromatic N) is 2. The highest BCUT2D eigenvalue weighted by Crippen LogP contribution is 2.13. The molecule has 1 saturated heterocycles.